The average Bonchev–Trinajstić information content (AvgIpc) is 2.91. The second-order valence-corrected chi connectivity index (χ2v) is 6.80. The van der Waals surface area contributed by atoms with Gasteiger partial charge in [0, 0.05) is 19.7 Å². The normalized spacial score (nSPS) is 11.6. The molecule has 1 aromatic carbocycles. The molecule has 0 spiro atoms. The van der Waals surface area contributed by atoms with Gasteiger partial charge in [-0.15, -0.1) is 0 Å². The minimum Gasteiger partial charge on any atom is -0.491 e. The zero-order valence-electron chi connectivity index (χ0n) is 13.1. The summed E-state index contributed by atoms with van der Waals surface area (Å²) in [6, 6.07) is 8.81. The highest BCUT2D eigenvalue weighted by molar-refractivity contribution is 7.88. The van der Waals surface area contributed by atoms with Gasteiger partial charge in [0.15, 0.2) is 0 Å². The minimum absolute atomic E-state index is 0.206. The van der Waals surface area contributed by atoms with Crippen LogP contribution in [0.2, 0.25) is 0 Å². The second kappa shape index (κ2) is 8.09. The van der Waals surface area contributed by atoms with Gasteiger partial charge in [-0.1, -0.05) is 17.3 Å². The van der Waals surface area contributed by atoms with Crippen LogP contribution in [0.25, 0.3) is 0 Å². The number of nitrogens with one attached hydrogen (secondary N) is 1. The lowest BCUT2D eigenvalue weighted by molar-refractivity contribution is 0.146. The molecule has 1 aromatic heterocycles. The van der Waals surface area contributed by atoms with Crippen LogP contribution in [-0.4, -0.2) is 33.9 Å². The maximum Gasteiger partial charge on any atom is 0.217 e. The molecule has 0 aliphatic rings. The molecule has 126 valence electrons. The van der Waals surface area contributed by atoms with E-state index in [4.69, 9.17) is 14.0 Å². The van der Waals surface area contributed by atoms with Crippen molar-refractivity contribution in [3.63, 3.8) is 0 Å². The lowest BCUT2D eigenvalue weighted by Gasteiger charge is -2.08. The van der Waals surface area contributed by atoms with Gasteiger partial charge in [-0.05, 0) is 24.6 Å². The first-order valence-electron chi connectivity index (χ1n) is 7.09. The largest absolute Gasteiger partial charge is 0.491 e. The maximum atomic E-state index is 12.0. The molecule has 7 nitrogen and oxygen atoms in total. The van der Waals surface area contributed by atoms with E-state index in [1.807, 2.05) is 12.1 Å². The van der Waals surface area contributed by atoms with Crippen LogP contribution < -0.4 is 9.46 Å². The van der Waals surface area contributed by atoms with Crippen LogP contribution in [-0.2, 0) is 27.1 Å². The summed E-state index contributed by atoms with van der Waals surface area (Å²) in [5.74, 6) is 1.09. The molecular weight excluding hydrogens is 320 g/mol. The van der Waals surface area contributed by atoms with Crippen LogP contribution in [0.1, 0.15) is 17.0 Å². The average molecular weight is 340 g/mol. The zero-order chi connectivity index (χ0) is 16.7. The monoisotopic (exact) mass is 340 g/mol. The predicted octanol–water partition coefficient (Wildman–Crippen LogP) is 1.63. The van der Waals surface area contributed by atoms with Crippen molar-refractivity contribution in [2.75, 3.05) is 20.3 Å². The van der Waals surface area contributed by atoms with E-state index in [1.54, 1.807) is 32.2 Å². The third-order valence-electron chi connectivity index (χ3n) is 2.99. The number of aromatic nitrogens is 1. The summed E-state index contributed by atoms with van der Waals surface area (Å²) < 4.78 is 41.7. The van der Waals surface area contributed by atoms with Crippen molar-refractivity contribution >= 4 is 10.0 Å². The fourth-order valence-corrected chi connectivity index (χ4v) is 2.89. The smallest absolute Gasteiger partial charge is 0.217 e. The third-order valence-corrected chi connectivity index (χ3v) is 4.25. The first kappa shape index (κ1) is 17.5. The fraction of sp³-hybridized carbons (Fsp3) is 0.400. The van der Waals surface area contributed by atoms with E-state index in [2.05, 4.69) is 9.88 Å². The van der Waals surface area contributed by atoms with E-state index in [9.17, 15) is 8.42 Å². The van der Waals surface area contributed by atoms with Crippen molar-refractivity contribution < 1.29 is 22.4 Å². The summed E-state index contributed by atoms with van der Waals surface area (Å²) in [5.41, 5.74) is 1.22. The lowest BCUT2D eigenvalue weighted by Crippen LogP contribution is -2.24. The van der Waals surface area contributed by atoms with Crippen LogP contribution in [0.15, 0.2) is 34.9 Å². The Bertz CT molecular complexity index is 710. The van der Waals surface area contributed by atoms with Crippen LogP contribution in [0.3, 0.4) is 0 Å². The van der Waals surface area contributed by atoms with Crippen molar-refractivity contribution in [1.82, 2.24) is 9.88 Å². The van der Waals surface area contributed by atoms with E-state index in [-0.39, 0.29) is 12.3 Å². The molecule has 0 fully saturated rings. The van der Waals surface area contributed by atoms with Crippen molar-refractivity contribution in [1.29, 1.82) is 0 Å². The fourth-order valence-electron chi connectivity index (χ4n) is 1.87. The Morgan fingerprint density at radius 3 is 2.57 bits per heavy atom. The Kier molecular flexibility index (Phi) is 6.14. The van der Waals surface area contributed by atoms with Crippen LogP contribution in [0.4, 0.5) is 0 Å². The number of sulfonamides is 1. The summed E-state index contributed by atoms with van der Waals surface area (Å²) in [6.45, 7) is 2.91. The number of nitrogens with zero attached hydrogens (tertiary/aromatic N) is 1. The number of rotatable bonds is 9. The number of methoxy groups -OCH3 is 1. The minimum atomic E-state index is -3.47. The van der Waals surface area contributed by atoms with Crippen molar-refractivity contribution in [3.8, 4) is 5.75 Å². The van der Waals surface area contributed by atoms with E-state index >= 15 is 0 Å². The van der Waals surface area contributed by atoms with Crippen LogP contribution in [0.5, 0.6) is 5.75 Å². The standard InChI is InChI=1S/C15H20N2O5S/c1-12-9-14(17-22-12)11-23(18,19)16-10-13-3-5-15(6-4-13)21-8-7-20-2/h3-6,9,16H,7-8,10-11H2,1-2H3. The van der Waals surface area contributed by atoms with Gasteiger partial charge in [0.1, 0.15) is 29.6 Å². The molecule has 0 aliphatic carbocycles. The summed E-state index contributed by atoms with van der Waals surface area (Å²) in [6.07, 6.45) is 0. The summed E-state index contributed by atoms with van der Waals surface area (Å²) >= 11 is 0. The quantitative estimate of drug-likeness (QED) is 0.698. The number of ether oxygens (including phenoxy) is 2. The molecular formula is C15H20N2O5S. The topological polar surface area (TPSA) is 90.7 Å². The van der Waals surface area contributed by atoms with E-state index in [0.29, 0.717) is 30.4 Å². The molecule has 8 heteroatoms. The van der Waals surface area contributed by atoms with Gasteiger partial charge in [0.25, 0.3) is 0 Å². The molecule has 0 atom stereocenters. The lowest BCUT2D eigenvalue weighted by atomic mass is 10.2. The molecule has 0 bridgehead atoms. The van der Waals surface area contributed by atoms with Gasteiger partial charge in [0.2, 0.25) is 10.0 Å². The summed E-state index contributed by atoms with van der Waals surface area (Å²) in [5, 5.41) is 3.68. The maximum absolute atomic E-state index is 12.0. The highest BCUT2D eigenvalue weighted by Gasteiger charge is 2.14. The van der Waals surface area contributed by atoms with Gasteiger partial charge >= 0.3 is 0 Å². The molecule has 0 aliphatic heterocycles. The molecule has 0 amide bonds. The molecule has 0 radical (unpaired) electrons. The first-order chi connectivity index (χ1) is 11.0. The van der Waals surface area contributed by atoms with Crippen molar-refractivity contribution in [3.05, 3.63) is 47.3 Å². The molecule has 0 saturated heterocycles. The Morgan fingerprint density at radius 1 is 1.22 bits per heavy atom. The van der Waals surface area contributed by atoms with Crippen LogP contribution >= 0.6 is 0 Å². The molecule has 23 heavy (non-hydrogen) atoms. The molecule has 0 unspecified atom stereocenters. The Hall–Kier alpha value is -1.90. The number of hydrogen-bond acceptors (Lipinski definition) is 6. The predicted molar refractivity (Wildman–Crippen MR) is 84.5 cm³/mol. The highest BCUT2D eigenvalue weighted by Crippen LogP contribution is 2.13. The summed E-state index contributed by atoms with van der Waals surface area (Å²) in [4.78, 5) is 0. The van der Waals surface area contributed by atoms with Crippen molar-refractivity contribution in [2.24, 2.45) is 0 Å². The van der Waals surface area contributed by atoms with E-state index in [1.165, 1.54) is 0 Å². The van der Waals surface area contributed by atoms with E-state index < -0.39 is 10.0 Å². The summed E-state index contributed by atoms with van der Waals surface area (Å²) in [7, 11) is -1.86. The van der Waals surface area contributed by atoms with Gasteiger partial charge < -0.3 is 14.0 Å². The Balaban J connectivity index is 1.84. The highest BCUT2D eigenvalue weighted by atomic mass is 32.2. The number of aryl methyl sites for hydroxylation is 1. The second-order valence-electron chi connectivity index (χ2n) is 4.99. The zero-order valence-corrected chi connectivity index (χ0v) is 13.9. The molecule has 2 rings (SSSR count). The Morgan fingerprint density at radius 2 is 1.96 bits per heavy atom. The van der Waals surface area contributed by atoms with Crippen LogP contribution in [0, 0.1) is 6.92 Å². The van der Waals surface area contributed by atoms with Gasteiger partial charge in [-0.2, -0.15) is 0 Å². The molecule has 1 heterocycles. The molecule has 1 N–H and O–H groups in total. The first-order valence-corrected chi connectivity index (χ1v) is 8.74. The Labute approximate surface area is 135 Å². The number of hydrogen-bond donors (Lipinski definition) is 1. The third kappa shape index (κ3) is 6.01. The molecule has 2 aromatic rings. The van der Waals surface area contributed by atoms with Gasteiger partial charge in [0.05, 0.1) is 6.61 Å². The van der Waals surface area contributed by atoms with E-state index in [0.717, 1.165) is 5.56 Å². The van der Waals surface area contributed by atoms with Gasteiger partial charge in [-0.25, -0.2) is 13.1 Å². The molecule has 0 saturated carbocycles. The van der Waals surface area contributed by atoms with Crippen molar-refractivity contribution in [2.45, 2.75) is 19.2 Å². The number of benzene rings is 1. The van der Waals surface area contributed by atoms with Gasteiger partial charge in [-0.3, -0.25) is 0 Å². The SMILES string of the molecule is COCCOc1ccc(CNS(=O)(=O)Cc2cc(C)on2)cc1.